The van der Waals surface area contributed by atoms with Gasteiger partial charge in [-0.15, -0.1) is 0 Å². The number of ether oxygens (including phenoxy) is 1. The van der Waals surface area contributed by atoms with E-state index >= 15 is 0 Å². The van der Waals surface area contributed by atoms with Crippen molar-refractivity contribution in [1.29, 1.82) is 0 Å². The minimum atomic E-state index is -0.233. The van der Waals surface area contributed by atoms with Crippen LogP contribution in [0.1, 0.15) is 26.2 Å². The van der Waals surface area contributed by atoms with Gasteiger partial charge in [0.2, 0.25) is 0 Å². The van der Waals surface area contributed by atoms with Gasteiger partial charge in [0.05, 0.1) is 11.8 Å². The second kappa shape index (κ2) is 6.05. The van der Waals surface area contributed by atoms with Crippen molar-refractivity contribution >= 4 is 11.4 Å². The van der Waals surface area contributed by atoms with Gasteiger partial charge in [-0.3, -0.25) is 0 Å². The Balaban J connectivity index is 1.93. The lowest BCUT2D eigenvalue weighted by Crippen LogP contribution is -2.37. The van der Waals surface area contributed by atoms with E-state index in [9.17, 15) is 4.39 Å². The smallest absolute Gasteiger partial charge is 0.148 e. The van der Waals surface area contributed by atoms with E-state index in [1.807, 2.05) is 0 Å². The molecular formula is C14H21FN2O. The number of piperidine rings is 1. The van der Waals surface area contributed by atoms with Crippen LogP contribution in [-0.4, -0.2) is 25.8 Å². The van der Waals surface area contributed by atoms with Crippen molar-refractivity contribution in [3.05, 3.63) is 24.0 Å². The average molecular weight is 252 g/mol. The molecule has 0 atom stereocenters. The third kappa shape index (κ3) is 3.13. The average Bonchev–Trinajstić information content (AvgIpc) is 2.37. The molecule has 1 fully saturated rings. The zero-order valence-corrected chi connectivity index (χ0v) is 10.9. The molecule has 1 aliphatic rings. The molecule has 100 valence electrons. The summed E-state index contributed by atoms with van der Waals surface area (Å²) in [6.45, 7) is 4.62. The van der Waals surface area contributed by atoms with Gasteiger partial charge in [0.1, 0.15) is 5.82 Å². The Hall–Kier alpha value is -1.29. The van der Waals surface area contributed by atoms with Crippen LogP contribution in [0.2, 0.25) is 0 Å². The van der Waals surface area contributed by atoms with Crippen molar-refractivity contribution in [3.8, 4) is 0 Å². The summed E-state index contributed by atoms with van der Waals surface area (Å²) in [5.74, 6) is -0.233. The van der Waals surface area contributed by atoms with Crippen LogP contribution in [0, 0.1) is 5.82 Å². The molecule has 0 unspecified atom stereocenters. The Labute approximate surface area is 108 Å². The maximum atomic E-state index is 13.8. The van der Waals surface area contributed by atoms with E-state index in [0.29, 0.717) is 17.5 Å². The molecule has 2 N–H and O–H groups in total. The molecule has 0 spiro atoms. The van der Waals surface area contributed by atoms with E-state index in [0.717, 1.165) is 39.0 Å². The third-order valence-corrected chi connectivity index (χ3v) is 3.31. The molecule has 1 heterocycles. The number of rotatable bonds is 4. The number of hydrogen-bond donors (Lipinski definition) is 1. The van der Waals surface area contributed by atoms with Crippen LogP contribution in [0.3, 0.4) is 0 Å². The lowest BCUT2D eigenvalue weighted by Gasteiger charge is -2.33. The minimum absolute atomic E-state index is 0.233. The highest BCUT2D eigenvalue weighted by atomic mass is 19.1. The molecule has 1 aliphatic heterocycles. The van der Waals surface area contributed by atoms with Crippen LogP contribution in [0.4, 0.5) is 15.8 Å². The normalized spacial score (nSPS) is 17.1. The number of anilines is 2. The van der Waals surface area contributed by atoms with E-state index in [-0.39, 0.29) is 5.82 Å². The minimum Gasteiger partial charge on any atom is -0.399 e. The van der Waals surface area contributed by atoms with Crippen molar-refractivity contribution in [2.75, 3.05) is 30.3 Å². The Kier molecular flexibility index (Phi) is 4.42. The maximum Gasteiger partial charge on any atom is 0.148 e. The molecule has 2 rings (SSSR count). The quantitative estimate of drug-likeness (QED) is 0.837. The molecule has 0 radical (unpaired) electrons. The first-order valence-electron chi connectivity index (χ1n) is 6.62. The molecule has 0 saturated carbocycles. The van der Waals surface area contributed by atoms with E-state index < -0.39 is 0 Å². The SMILES string of the molecule is CCCOC1CCN(c2ccc(N)cc2F)CC1. The van der Waals surface area contributed by atoms with Gasteiger partial charge < -0.3 is 15.4 Å². The summed E-state index contributed by atoms with van der Waals surface area (Å²) < 4.78 is 19.5. The molecule has 18 heavy (non-hydrogen) atoms. The van der Waals surface area contributed by atoms with Gasteiger partial charge in [-0.2, -0.15) is 0 Å². The van der Waals surface area contributed by atoms with Gasteiger partial charge in [-0.1, -0.05) is 6.92 Å². The summed E-state index contributed by atoms with van der Waals surface area (Å²) in [4.78, 5) is 2.07. The number of hydrogen-bond acceptors (Lipinski definition) is 3. The van der Waals surface area contributed by atoms with Gasteiger partial charge in [0.25, 0.3) is 0 Å². The Morgan fingerprint density at radius 2 is 2.11 bits per heavy atom. The zero-order chi connectivity index (χ0) is 13.0. The van der Waals surface area contributed by atoms with Crippen LogP contribution < -0.4 is 10.6 Å². The first-order chi connectivity index (χ1) is 8.70. The maximum absolute atomic E-state index is 13.8. The van der Waals surface area contributed by atoms with Crippen LogP contribution >= 0.6 is 0 Å². The van der Waals surface area contributed by atoms with Gasteiger partial charge in [-0.05, 0) is 37.5 Å². The third-order valence-electron chi connectivity index (χ3n) is 3.31. The fraction of sp³-hybridized carbons (Fsp3) is 0.571. The van der Waals surface area contributed by atoms with Crippen molar-refractivity contribution in [2.24, 2.45) is 0 Å². The van der Waals surface area contributed by atoms with Crippen molar-refractivity contribution in [2.45, 2.75) is 32.3 Å². The van der Waals surface area contributed by atoms with Crippen LogP contribution in [0.25, 0.3) is 0 Å². The van der Waals surface area contributed by atoms with Gasteiger partial charge in [-0.25, -0.2) is 4.39 Å². The van der Waals surface area contributed by atoms with Crippen molar-refractivity contribution < 1.29 is 9.13 Å². The van der Waals surface area contributed by atoms with E-state index in [2.05, 4.69) is 11.8 Å². The molecule has 4 heteroatoms. The molecule has 0 aromatic heterocycles. The second-order valence-electron chi connectivity index (χ2n) is 4.77. The Morgan fingerprint density at radius 3 is 2.72 bits per heavy atom. The highest BCUT2D eigenvalue weighted by molar-refractivity contribution is 5.54. The molecular weight excluding hydrogens is 231 g/mol. The largest absolute Gasteiger partial charge is 0.399 e. The number of halogens is 1. The van der Waals surface area contributed by atoms with Crippen molar-refractivity contribution in [3.63, 3.8) is 0 Å². The first kappa shape index (κ1) is 13.1. The highest BCUT2D eigenvalue weighted by Crippen LogP contribution is 2.25. The molecule has 1 saturated heterocycles. The Bertz CT molecular complexity index is 389. The van der Waals surface area contributed by atoms with E-state index in [1.165, 1.54) is 6.07 Å². The molecule has 0 amide bonds. The predicted octanol–water partition coefficient (Wildman–Crippen LogP) is 2.80. The fourth-order valence-corrected chi connectivity index (χ4v) is 2.33. The van der Waals surface area contributed by atoms with Crippen LogP contribution in [-0.2, 0) is 4.74 Å². The molecule has 1 aromatic carbocycles. The second-order valence-corrected chi connectivity index (χ2v) is 4.77. The van der Waals surface area contributed by atoms with Crippen molar-refractivity contribution in [1.82, 2.24) is 0 Å². The van der Waals surface area contributed by atoms with Crippen LogP contribution in [0.5, 0.6) is 0 Å². The van der Waals surface area contributed by atoms with E-state index in [4.69, 9.17) is 10.5 Å². The topological polar surface area (TPSA) is 38.5 Å². The zero-order valence-electron chi connectivity index (χ0n) is 10.9. The van der Waals surface area contributed by atoms with Gasteiger partial charge in [0, 0.05) is 25.4 Å². The molecule has 1 aromatic rings. The number of benzene rings is 1. The number of nitrogens with two attached hydrogens (primary N) is 1. The summed E-state index contributed by atoms with van der Waals surface area (Å²) in [7, 11) is 0. The molecule has 0 bridgehead atoms. The number of nitrogens with zero attached hydrogens (tertiary/aromatic N) is 1. The summed E-state index contributed by atoms with van der Waals surface area (Å²) in [5, 5.41) is 0. The molecule has 3 nitrogen and oxygen atoms in total. The lowest BCUT2D eigenvalue weighted by molar-refractivity contribution is 0.0374. The van der Waals surface area contributed by atoms with Gasteiger partial charge in [0.15, 0.2) is 0 Å². The summed E-state index contributed by atoms with van der Waals surface area (Å²) in [6.07, 6.45) is 3.30. The van der Waals surface area contributed by atoms with Gasteiger partial charge >= 0.3 is 0 Å². The number of nitrogen functional groups attached to an aromatic ring is 1. The monoisotopic (exact) mass is 252 g/mol. The predicted molar refractivity (Wildman–Crippen MR) is 72.3 cm³/mol. The summed E-state index contributed by atoms with van der Waals surface area (Å²) in [5.41, 5.74) is 6.68. The van der Waals surface area contributed by atoms with E-state index in [1.54, 1.807) is 12.1 Å². The lowest BCUT2D eigenvalue weighted by atomic mass is 10.1. The first-order valence-corrected chi connectivity index (χ1v) is 6.62. The fourth-order valence-electron chi connectivity index (χ4n) is 2.33. The Morgan fingerprint density at radius 1 is 1.39 bits per heavy atom. The van der Waals surface area contributed by atoms with Crippen LogP contribution in [0.15, 0.2) is 18.2 Å². The summed E-state index contributed by atoms with van der Waals surface area (Å²) in [6, 6.07) is 4.89. The summed E-state index contributed by atoms with van der Waals surface area (Å²) >= 11 is 0. The highest BCUT2D eigenvalue weighted by Gasteiger charge is 2.21. The standard InChI is InChI=1S/C14H21FN2O/c1-2-9-18-12-5-7-17(8-6-12)14-4-3-11(16)10-13(14)15/h3-4,10,12H,2,5-9,16H2,1H3. The molecule has 0 aliphatic carbocycles.